The normalized spacial score (nSPS) is 10.8. The van der Waals surface area contributed by atoms with E-state index in [2.05, 4.69) is 20.8 Å². The number of thiazole rings is 1. The molecule has 9 heteroatoms. The predicted molar refractivity (Wildman–Crippen MR) is 113 cm³/mol. The van der Waals surface area contributed by atoms with Crippen molar-refractivity contribution in [3.05, 3.63) is 65.2 Å². The monoisotopic (exact) mass is 424 g/mol. The molecule has 0 saturated heterocycles. The lowest BCUT2D eigenvalue weighted by Crippen LogP contribution is -2.42. The number of rotatable bonds is 5. The number of fused-ring (bicyclic) bond motifs is 1. The minimum atomic E-state index is -0.401. The third-order valence-corrected chi connectivity index (χ3v) is 5.97. The highest BCUT2D eigenvalue weighted by Gasteiger charge is 2.17. The summed E-state index contributed by atoms with van der Waals surface area (Å²) in [4.78, 5) is 33.7. The first-order chi connectivity index (χ1) is 14.1. The van der Waals surface area contributed by atoms with Gasteiger partial charge in [0, 0.05) is 5.56 Å². The maximum absolute atomic E-state index is 12.4. The Bertz CT molecular complexity index is 1140. The second-order valence-electron chi connectivity index (χ2n) is 6.04. The van der Waals surface area contributed by atoms with Gasteiger partial charge in [-0.1, -0.05) is 54.2 Å². The average Bonchev–Trinajstić information content (AvgIpc) is 3.34. The molecule has 0 bridgehead atoms. The maximum atomic E-state index is 12.4. The quantitative estimate of drug-likeness (QED) is 0.373. The number of amides is 2. The summed E-state index contributed by atoms with van der Waals surface area (Å²) in [6.45, 7) is 1.77. The van der Waals surface area contributed by atoms with Crippen LogP contribution in [0.4, 0.5) is 0 Å². The molecule has 2 aromatic heterocycles. The van der Waals surface area contributed by atoms with Crippen LogP contribution in [-0.2, 0) is 4.79 Å². The molecule has 0 aliphatic carbocycles. The number of aryl methyl sites for hydroxylation is 1. The van der Waals surface area contributed by atoms with E-state index in [9.17, 15) is 9.59 Å². The number of hydrogen-bond acceptors (Lipinski definition) is 7. The standard InChI is InChI=1S/C20H16N4O3S2/c1-12-17(29-19(21-12)13-7-3-2-4-8-13)18(26)24-23-16(25)11-28-20-22-14-9-5-6-10-15(14)27-20/h2-10H,11H2,1H3,(H,23,25)(H,24,26). The van der Waals surface area contributed by atoms with Gasteiger partial charge in [0.1, 0.15) is 15.4 Å². The smallest absolute Gasteiger partial charge is 0.281 e. The molecule has 0 aliphatic heterocycles. The van der Waals surface area contributed by atoms with E-state index in [-0.39, 0.29) is 11.7 Å². The summed E-state index contributed by atoms with van der Waals surface area (Å²) in [6, 6.07) is 17.0. The number of hydrazine groups is 1. The zero-order chi connectivity index (χ0) is 20.2. The SMILES string of the molecule is Cc1nc(-c2ccccc2)sc1C(=O)NNC(=O)CSc1nc2ccccc2o1. The topological polar surface area (TPSA) is 97.1 Å². The molecule has 0 spiro atoms. The van der Waals surface area contributed by atoms with Crippen molar-refractivity contribution in [2.45, 2.75) is 12.1 Å². The van der Waals surface area contributed by atoms with Crippen LogP contribution < -0.4 is 10.9 Å². The zero-order valence-electron chi connectivity index (χ0n) is 15.3. The molecule has 146 valence electrons. The summed E-state index contributed by atoms with van der Waals surface area (Å²) in [7, 11) is 0. The lowest BCUT2D eigenvalue weighted by atomic mass is 10.2. The number of carbonyl (C=O) groups excluding carboxylic acids is 2. The fourth-order valence-electron chi connectivity index (χ4n) is 2.57. The number of hydrogen-bond donors (Lipinski definition) is 2. The van der Waals surface area contributed by atoms with Gasteiger partial charge in [0.05, 0.1) is 11.4 Å². The van der Waals surface area contributed by atoms with Gasteiger partial charge < -0.3 is 4.42 Å². The van der Waals surface area contributed by atoms with E-state index in [0.717, 1.165) is 27.8 Å². The van der Waals surface area contributed by atoms with Gasteiger partial charge in [0.15, 0.2) is 5.58 Å². The van der Waals surface area contributed by atoms with Gasteiger partial charge >= 0.3 is 0 Å². The van der Waals surface area contributed by atoms with E-state index in [1.54, 1.807) is 6.92 Å². The lowest BCUT2D eigenvalue weighted by Gasteiger charge is -2.05. The molecule has 4 aromatic rings. The first kappa shape index (κ1) is 19.2. The molecule has 2 amide bonds. The molecule has 0 radical (unpaired) electrons. The van der Waals surface area contributed by atoms with Crippen LogP contribution in [0.3, 0.4) is 0 Å². The molecule has 0 saturated carbocycles. The first-order valence-electron chi connectivity index (χ1n) is 8.70. The van der Waals surface area contributed by atoms with E-state index >= 15 is 0 Å². The van der Waals surface area contributed by atoms with Gasteiger partial charge in [-0.3, -0.25) is 20.4 Å². The van der Waals surface area contributed by atoms with Gasteiger partial charge in [-0.15, -0.1) is 11.3 Å². The summed E-state index contributed by atoms with van der Waals surface area (Å²) in [6.07, 6.45) is 0. The molecule has 0 atom stereocenters. The summed E-state index contributed by atoms with van der Waals surface area (Å²) in [5.41, 5.74) is 7.80. The number of nitrogens with one attached hydrogen (secondary N) is 2. The van der Waals surface area contributed by atoms with Crippen molar-refractivity contribution in [2.75, 3.05) is 5.75 Å². The van der Waals surface area contributed by atoms with Crippen LogP contribution in [0.1, 0.15) is 15.4 Å². The molecule has 0 fully saturated rings. The Kier molecular flexibility index (Phi) is 5.59. The van der Waals surface area contributed by atoms with Crippen LogP contribution in [0.5, 0.6) is 0 Å². The van der Waals surface area contributed by atoms with Crippen molar-refractivity contribution >= 4 is 46.0 Å². The highest BCUT2D eigenvalue weighted by atomic mass is 32.2. The molecule has 29 heavy (non-hydrogen) atoms. The van der Waals surface area contributed by atoms with E-state index in [4.69, 9.17) is 4.42 Å². The Morgan fingerprint density at radius 3 is 2.59 bits per heavy atom. The molecule has 2 N–H and O–H groups in total. The highest BCUT2D eigenvalue weighted by molar-refractivity contribution is 7.99. The van der Waals surface area contributed by atoms with Crippen molar-refractivity contribution in [2.24, 2.45) is 0 Å². The fourth-order valence-corrected chi connectivity index (χ4v) is 4.18. The van der Waals surface area contributed by atoms with Crippen LogP contribution >= 0.6 is 23.1 Å². The molecule has 7 nitrogen and oxygen atoms in total. The Hall–Kier alpha value is -3.17. The Balaban J connectivity index is 1.32. The number of oxazole rings is 1. The van der Waals surface area contributed by atoms with Crippen molar-refractivity contribution in [3.63, 3.8) is 0 Å². The van der Waals surface area contributed by atoms with Crippen LogP contribution in [0.2, 0.25) is 0 Å². The highest BCUT2D eigenvalue weighted by Crippen LogP contribution is 2.27. The summed E-state index contributed by atoms with van der Waals surface area (Å²) >= 11 is 2.44. The molecular weight excluding hydrogens is 408 g/mol. The predicted octanol–water partition coefficient (Wildman–Crippen LogP) is 3.81. The number of nitrogens with zero attached hydrogens (tertiary/aromatic N) is 2. The van der Waals surface area contributed by atoms with Crippen molar-refractivity contribution < 1.29 is 14.0 Å². The molecule has 0 unspecified atom stereocenters. The zero-order valence-corrected chi connectivity index (χ0v) is 17.0. The molecule has 4 rings (SSSR count). The number of para-hydroxylation sites is 2. The van der Waals surface area contributed by atoms with Crippen LogP contribution in [0.25, 0.3) is 21.7 Å². The van der Waals surface area contributed by atoms with E-state index < -0.39 is 5.91 Å². The van der Waals surface area contributed by atoms with Crippen molar-refractivity contribution in [3.8, 4) is 10.6 Å². The Morgan fingerprint density at radius 2 is 1.79 bits per heavy atom. The summed E-state index contributed by atoms with van der Waals surface area (Å²) in [5, 5.41) is 1.16. The lowest BCUT2D eigenvalue weighted by molar-refractivity contribution is -0.119. The van der Waals surface area contributed by atoms with Gasteiger partial charge in [-0.25, -0.2) is 9.97 Å². The molecule has 2 aromatic carbocycles. The fraction of sp³-hybridized carbons (Fsp3) is 0.100. The molecule has 0 aliphatic rings. The van der Waals surface area contributed by atoms with Gasteiger partial charge in [-0.2, -0.15) is 0 Å². The van der Waals surface area contributed by atoms with Crippen LogP contribution in [0.15, 0.2) is 64.2 Å². The van der Waals surface area contributed by atoms with Crippen LogP contribution in [0, 0.1) is 6.92 Å². The maximum Gasteiger partial charge on any atom is 0.281 e. The second-order valence-corrected chi connectivity index (χ2v) is 7.96. The summed E-state index contributed by atoms with van der Waals surface area (Å²) in [5.74, 6) is -0.706. The van der Waals surface area contributed by atoms with E-state index in [1.807, 2.05) is 54.6 Å². The number of carbonyl (C=O) groups is 2. The number of aromatic nitrogens is 2. The van der Waals surface area contributed by atoms with Crippen molar-refractivity contribution in [1.29, 1.82) is 0 Å². The second kappa shape index (κ2) is 8.46. The third kappa shape index (κ3) is 4.47. The Morgan fingerprint density at radius 1 is 1.03 bits per heavy atom. The first-order valence-corrected chi connectivity index (χ1v) is 10.5. The van der Waals surface area contributed by atoms with E-state index in [0.29, 0.717) is 21.4 Å². The van der Waals surface area contributed by atoms with Crippen molar-refractivity contribution in [1.82, 2.24) is 20.8 Å². The minimum absolute atomic E-state index is 0.0596. The number of benzene rings is 2. The third-order valence-electron chi connectivity index (χ3n) is 3.94. The van der Waals surface area contributed by atoms with Crippen LogP contribution in [-0.4, -0.2) is 27.5 Å². The Labute approximate surface area is 174 Å². The van der Waals surface area contributed by atoms with E-state index in [1.165, 1.54) is 11.3 Å². The largest absolute Gasteiger partial charge is 0.431 e. The molecule has 2 heterocycles. The number of thioether (sulfide) groups is 1. The average molecular weight is 425 g/mol. The van der Waals surface area contributed by atoms with Gasteiger partial charge in [0.25, 0.3) is 11.1 Å². The minimum Gasteiger partial charge on any atom is -0.431 e. The summed E-state index contributed by atoms with van der Waals surface area (Å²) < 4.78 is 5.55. The van der Waals surface area contributed by atoms with Gasteiger partial charge in [0.2, 0.25) is 5.91 Å². The molecular formula is C20H16N4O3S2. The van der Waals surface area contributed by atoms with Gasteiger partial charge in [-0.05, 0) is 19.1 Å².